The number of carbonyl (C=O) groups excluding carboxylic acids is 1. The summed E-state index contributed by atoms with van der Waals surface area (Å²) in [5.74, 6) is -1.19. The second-order valence-electron chi connectivity index (χ2n) is 2.80. The lowest BCUT2D eigenvalue weighted by Crippen LogP contribution is -2.06. The van der Waals surface area contributed by atoms with Crippen molar-refractivity contribution in [2.75, 3.05) is 6.61 Å². The van der Waals surface area contributed by atoms with Crippen molar-refractivity contribution in [3.8, 4) is 5.75 Å². The van der Waals surface area contributed by atoms with Crippen LogP contribution in [-0.2, 0) is 4.74 Å². The highest BCUT2D eigenvalue weighted by atomic mass is 79.9. The predicted octanol–water partition coefficient (Wildman–Crippen LogP) is 2.24. The van der Waals surface area contributed by atoms with Crippen LogP contribution in [0.3, 0.4) is 0 Å². The first-order valence-electron chi connectivity index (χ1n) is 4.31. The van der Waals surface area contributed by atoms with Gasteiger partial charge in [-0.3, -0.25) is 10.1 Å². The third kappa shape index (κ3) is 2.48. The number of aromatic hydroxyl groups is 1. The molecule has 1 aromatic rings. The van der Waals surface area contributed by atoms with Crippen LogP contribution in [-0.4, -0.2) is 22.6 Å². The van der Waals surface area contributed by atoms with Crippen molar-refractivity contribution < 1.29 is 19.6 Å². The van der Waals surface area contributed by atoms with Crippen molar-refractivity contribution in [1.29, 1.82) is 0 Å². The molecule has 0 fully saturated rings. The number of phenols is 1. The summed E-state index contributed by atoms with van der Waals surface area (Å²) in [6.45, 7) is 1.79. The van der Waals surface area contributed by atoms with Crippen LogP contribution in [0.15, 0.2) is 16.6 Å². The molecule has 0 aliphatic heterocycles. The van der Waals surface area contributed by atoms with Crippen molar-refractivity contribution in [2.45, 2.75) is 6.92 Å². The molecule has 86 valence electrons. The fourth-order valence-corrected chi connectivity index (χ4v) is 1.56. The van der Waals surface area contributed by atoms with Gasteiger partial charge in [-0.05, 0) is 22.9 Å². The molecule has 0 aliphatic rings. The smallest absolute Gasteiger partial charge is 0.339 e. The molecule has 0 amide bonds. The molecule has 6 nitrogen and oxygen atoms in total. The molecule has 0 atom stereocenters. The first-order chi connectivity index (χ1) is 7.47. The number of phenolic OH excluding ortho intramolecular Hbond substituents is 1. The maximum absolute atomic E-state index is 11.4. The van der Waals surface area contributed by atoms with E-state index in [4.69, 9.17) is 4.74 Å². The molecule has 1 aromatic carbocycles. The quantitative estimate of drug-likeness (QED) is 0.524. The van der Waals surface area contributed by atoms with E-state index < -0.39 is 22.3 Å². The van der Waals surface area contributed by atoms with Gasteiger partial charge in [-0.2, -0.15) is 0 Å². The molecule has 1 rings (SSSR count). The highest BCUT2D eigenvalue weighted by Crippen LogP contribution is 2.32. The molecular weight excluding hydrogens is 282 g/mol. The van der Waals surface area contributed by atoms with E-state index in [9.17, 15) is 20.0 Å². The molecule has 0 aromatic heterocycles. The summed E-state index contributed by atoms with van der Waals surface area (Å²) in [4.78, 5) is 21.2. The molecule has 0 radical (unpaired) electrons. The summed E-state index contributed by atoms with van der Waals surface area (Å²) >= 11 is 3.02. The molecule has 0 heterocycles. The van der Waals surface area contributed by atoms with Gasteiger partial charge < -0.3 is 9.84 Å². The number of nitro benzene ring substituents is 1. The molecule has 0 saturated heterocycles. The Morgan fingerprint density at radius 3 is 2.75 bits per heavy atom. The van der Waals surface area contributed by atoms with Gasteiger partial charge >= 0.3 is 11.7 Å². The van der Waals surface area contributed by atoms with E-state index in [1.807, 2.05) is 0 Å². The number of nitrogens with zero attached hydrogens (tertiary/aromatic N) is 1. The minimum Gasteiger partial charge on any atom is -0.502 e. The number of nitro groups is 1. The van der Waals surface area contributed by atoms with Crippen LogP contribution >= 0.6 is 15.9 Å². The summed E-state index contributed by atoms with van der Waals surface area (Å²) < 4.78 is 4.95. The van der Waals surface area contributed by atoms with Crippen molar-refractivity contribution in [2.24, 2.45) is 0 Å². The Bertz CT molecular complexity index is 446. The van der Waals surface area contributed by atoms with Gasteiger partial charge in [0.05, 0.1) is 17.1 Å². The van der Waals surface area contributed by atoms with E-state index in [0.717, 1.165) is 12.1 Å². The Kier molecular flexibility index (Phi) is 3.83. The Hall–Kier alpha value is -1.63. The lowest BCUT2D eigenvalue weighted by molar-refractivity contribution is -0.385. The SMILES string of the molecule is CCOC(=O)c1cc([N+](=O)[O-])c(O)cc1Br. The monoisotopic (exact) mass is 289 g/mol. The van der Waals surface area contributed by atoms with Crippen molar-refractivity contribution in [3.63, 3.8) is 0 Å². The standard InChI is InChI=1S/C9H8BrNO5/c1-2-16-9(13)5-3-7(11(14)15)8(12)4-6(5)10/h3-4,12H,2H2,1H3. The van der Waals surface area contributed by atoms with Crippen LogP contribution in [0.25, 0.3) is 0 Å². The molecule has 7 heteroatoms. The Balaban J connectivity index is 3.24. The van der Waals surface area contributed by atoms with Gasteiger partial charge in [0.1, 0.15) is 0 Å². The van der Waals surface area contributed by atoms with Gasteiger partial charge in [-0.15, -0.1) is 0 Å². The summed E-state index contributed by atoms with van der Waals surface area (Å²) in [6.07, 6.45) is 0. The van der Waals surface area contributed by atoms with Crippen LogP contribution in [0.1, 0.15) is 17.3 Å². The molecule has 16 heavy (non-hydrogen) atoms. The largest absolute Gasteiger partial charge is 0.502 e. The van der Waals surface area contributed by atoms with Crippen LogP contribution in [0, 0.1) is 10.1 Å². The van der Waals surface area contributed by atoms with Crippen molar-refractivity contribution in [1.82, 2.24) is 0 Å². The predicted molar refractivity (Wildman–Crippen MR) is 58.4 cm³/mol. The lowest BCUT2D eigenvalue weighted by atomic mass is 10.2. The number of carbonyl (C=O) groups is 1. The zero-order valence-corrected chi connectivity index (χ0v) is 9.85. The third-order valence-electron chi connectivity index (χ3n) is 1.76. The lowest BCUT2D eigenvalue weighted by Gasteiger charge is -2.05. The fourth-order valence-electron chi connectivity index (χ4n) is 1.06. The van der Waals surface area contributed by atoms with Gasteiger partial charge in [0.25, 0.3) is 0 Å². The zero-order valence-electron chi connectivity index (χ0n) is 8.27. The maximum Gasteiger partial charge on any atom is 0.339 e. The Morgan fingerprint density at radius 2 is 2.25 bits per heavy atom. The molecule has 1 N–H and O–H groups in total. The van der Waals surface area contributed by atoms with E-state index in [-0.39, 0.29) is 16.6 Å². The van der Waals surface area contributed by atoms with E-state index in [2.05, 4.69) is 15.9 Å². The van der Waals surface area contributed by atoms with Crippen LogP contribution < -0.4 is 0 Å². The Morgan fingerprint density at radius 1 is 1.62 bits per heavy atom. The van der Waals surface area contributed by atoms with Gasteiger partial charge in [0, 0.05) is 16.6 Å². The first-order valence-corrected chi connectivity index (χ1v) is 5.10. The second-order valence-corrected chi connectivity index (χ2v) is 3.65. The number of hydrogen-bond donors (Lipinski definition) is 1. The third-order valence-corrected chi connectivity index (χ3v) is 2.41. The number of esters is 1. The van der Waals surface area contributed by atoms with E-state index >= 15 is 0 Å². The highest BCUT2D eigenvalue weighted by molar-refractivity contribution is 9.10. The summed E-state index contributed by atoms with van der Waals surface area (Å²) in [5, 5.41) is 19.8. The van der Waals surface area contributed by atoms with Crippen LogP contribution in [0.4, 0.5) is 5.69 Å². The molecule has 0 aliphatic carbocycles. The average molecular weight is 290 g/mol. The molecule has 0 bridgehead atoms. The summed E-state index contributed by atoms with van der Waals surface area (Å²) in [5.41, 5.74) is -0.530. The number of hydrogen-bond acceptors (Lipinski definition) is 5. The number of halogens is 1. The normalized spacial score (nSPS) is 9.88. The number of benzene rings is 1. The first kappa shape index (κ1) is 12.4. The van der Waals surface area contributed by atoms with E-state index in [0.29, 0.717) is 0 Å². The van der Waals surface area contributed by atoms with Crippen LogP contribution in [0.5, 0.6) is 5.75 Å². The minimum absolute atomic E-state index is 0.00588. The molecule has 0 unspecified atom stereocenters. The zero-order chi connectivity index (χ0) is 12.3. The minimum atomic E-state index is -0.773. The summed E-state index contributed by atoms with van der Waals surface area (Å²) in [7, 11) is 0. The number of rotatable bonds is 3. The molecular formula is C9H8BrNO5. The van der Waals surface area contributed by atoms with E-state index in [1.54, 1.807) is 6.92 Å². The summed E-state index contributed by atoms with van der Waals surface area (Å²) in [6, 6.07) is 2.06. The topological polar surface area (TPSA) is 89.7 Å². The number of ether oxygens (including phenoxy) is 1. The van der Waals surface area contributed by atoms with Gasteiger partial charge in [0.2, 0.25) is 0 Å². The molecule has 0 saturated carbocycles. The fraction of sp³-hybridized carbons (Fsp3) is 0.222. The van der Waals surface area contributed by atoms with Gasteiger partial charge in [-0.25, -0.2) is 4.79 Å². The average Bonchev–Trinajstić information content (AvgIpc) is 2.17. The van der Waals surface area contributed by atoms with Crippen molar-refractivity contribution in [3.05, 3.63) is 32.3 Å². The van der Waals surface area contributed by atoms with Gasteiger partial charge in [-0.1, -0.05) is 0 Å². The van der Waals surface area contributed by atoms with Crippen molar-refractivity contribution >= 4 is 27.6 Å². The highest BCUT2D eigenvalue weighted by Gasteiger charge is 2.21. The maximum atomic E-state index is 11.4. The van der Waals surface area contributed by atoms with Crippen LogP contribution in [0.2, 0.25) is 0 Å². The second kappa shape index (κ2) is 4.93. The molecule has 0 spiro atoms. The van der Waals surface area contributed by atoms with Gasteiger partial charge in [0.15, 0.2) is 5.75 Å². The van der Waals surface area contributed by atoms with E-state index in [1.165, 1.54) is 0 Å². The Labute approximate surface area is 99.1 Å².